The maximum Gasteiger partial charge on any atom is 0.0642 e. The highest BCUT2D eigenvalue weighted by Gasteiger charge is 2.29. The molecule has 0 spiro atoms. The lowest BCUT2D eigenvalue weighted by atomic mass is 9.99. The van der Waals surface area contributed by atoms with E-state index in [1.807, 2.05) is 0 Å². The highest BCUT2D eigenvalue weighted by Crippen LogP contribution is 2.53. The molecule has 326 valence electrons. The predicted octanol–water partition coefficient (Wildman–Crippen LogP) is 18.3. The van der Waals surface area contributed by atoms with E-state index in [1.165, 1.54) is 98.4 Å². The van der Waals surface area contributed by atoms with Gasteiger partial charge in [0, 0.05) is 65.8 Å². The third kappa shape index (κ3) is 5.53. The topological polar surface area (TPSA) is 15.3 Å². The minimum atomic E-state index is 1.11. The number of anilines is 6. The lowest BCUT2D eigenvalue weighted by Crippen LogP contribution is -2.10. The molecule has 0 aliphatic rings. The van der Waals surface area contributed by atoms with Crippen LogP contribution in [0.4, 0.5) is 34.1 Å². The van der Waals surface area contributed by atoms with E-state index in [-0.39, 0.29) is 0 Å². The quantitative estimate of drug-likeness (QED) is 0.151. The van der Waals surface area contributed by atoms with Gasteiger partial charge in [0.05, 0.1) is 44.5 Å². The molecule has 0 fully saturated rings. The second-order valence-corrected chi connectivity index (χ2v) is 18.4. The van der Waals surface area contributed by atoms with Gasteiger partial charge >= 0.3 is 0 Å². The second-order valence-electron chi connectivity index (χ2n) is 18.4. The zero-order valence-corrected chi connectivity index (χ0v) is 38.0. The summed E-state index contributed by atoms with van der Waals surface area (Å²) in [5.41, 5.74) is 18.8. The minimum Gasteiger partial charge on any atom is -0.310 e. The minimum absolute atomic E-state index is 1.11. The van der Waals surface area contributed by atoms with Crippen molar-refractivity contribution in [2.24, 2.45) is 0 Å². The van der Waals surface area contributed by atoms with Crippen LogP contribution in [-0.2, 0) is 0 Å². The largest absolute Gasteiger partial charge is 0.310 e. The third-order valence-corrected chi connectivity index (χ3v) is 14.7. The van der Waals surface area contributed by atoms with Crippen molar-refractivity contribution in [2.45, 2.75) is 0 Å². The molecule has 15 aromatic rings. The van der Waals surface area contributed by atoms with E-state index in [0.29, 0.717) is 0 Å². The highest BCUT2D eigenvalue weighted by atomic mass is 15.2. The van der Waals surface area contributed by atoms with Crippen molar-refractivity contribution in [3.05, 3.63) is 255 Å². The number of hydrogen-bond acceptors (Lipinski definition) is 2. The van der Waals surface area contributed by atoms with E-state index in [0.717, 1.165) is 34.1 Å². The zero-order valence-electron chi connectivity index (χ0n) is 38.0. The Hall–Kier alpha value is -9.38. The van der Waals surface area contributed by atoms with Crippen LogP contribution in [0.15, 0.2) is 255 Å². The Kier molecular flexibility index (Phi) is 8.33. The van der Waals surface area contributed by atoms with Crippen molar-refractivity contribution in [2.75, 3.05) is 9.80 Å². The summed E-state index contributed by atoms with van der Waals surface area (Å²) in [6, 6.07) is 93.2. The van der Waals surface area contributed by atoms with E-state index in [1.54, 1.807) is 0 Å². The lowest BCUT2D eigenvalue weighted by molar-refractivity contribution is 1.30. The number of nitrogens with zero attached hydrogens (tertiary/aromatic N) is 4. The van der Waals surface area contributed by atoms with Gasteiger partial charge in [0.15, 0.2) is 0 Å². The number of benzene rings is 11. The fourth-order valence-electron chi connectivity index (χ4n) is 11.8. The first-order valence-electron chi connectivity index (χ1n) is 24.1. The van der Waals surface area contributed by atoms with E-state index in [9.17, 15) is 0 Å². The average Bonchev–Trinajstić information content (AvgIpc) is 4.17. The van der Waals surface area contributed by atoms with Crippen molar-refractivity contribution in [3.63, 3.8) is 0 Å². The molecule has 0 saturated heterocycles. The normalized spacial score (nSPS) is 12.0. The van der Waals surface area contributed by atoms with Gasteiger partial charge in [-0.2, -0.15) is 0 Å². The molecule has 0 N–H and O–H groups in total. The Morgan fingerprint density at radius 2 is 0.571 bits per heavy atom. The van der Waals surface area contributed by atoms with Gasteiger partial charge < -0.3 is 18.6 Å². The molecule has 4 heteroatoms. The van der Waals surface area contributed by atoms with Crippen LogP contribution in [0.5, 0.6) is 0 Å². The first-order valence-corrected chi connectivity index (χ1v) is 24.1. The fourth-order valence-corrected chi connectivity index (χ4v) is 11.8. The van der Waals surface area contributed by atoms with Gasteiger partial charge in [-0.3, -0.25) is 0 Å². The molecule has 15 rings (SSSR count). The Morgan fingerprint density at radius 3 is 1.01 bits per heavy atom. The van der Waals surface area contributed by atoms with Crippen molar-refractivity contribution >= 4 is 110 Å². The molecule has 0 bridgehead atoms. The second kappa shape index (κ2) is 15.1. The molecule has 0 atom stereocenters. The van der Waals surface area contributed by atoms with Crippen LogP contribution in [0, 0.1) is 0 Å². The first-order chi connectivity index (χ1) is 34.8. The van der Waals surface area contributed by atoms with Gasteiger partial charge in [-0.25, -0.2) is 0 Å². The molecule has 0 radical (unpaired) electrons. The molecule has 4 heterocycles. The van der Waals surface area contributed by atoms with Gasteiger partial charge in [-0.1, -0.05) is 158 Å². The standard InChI is InChI=1S/C66H42N4/c1-7-19-43(20-8-1)45-31-36-56-54(41-45)63-59(68(49-27-15-5-16-28-49)50-29-17-6-18-30-50)40-35-53-61-60(69(56)66(53)63)39-34-51-52-33-38-58(67(47-23-11-3-12-24-47)48-25-13-4-14-26-48)62-55-42-46(44-21-9-2-10-22-44)32-37-57(55)70(64(51)61)65(52)62/h1-42H. The molecule has 0 saturated carbocycles. The molecule has 0 amide bonds. The molecular weight excluding hydrogens is 849 g/mol. The van der Waals surface area contributed by atoms with Gasteiger partial charge in [-0.05, 0) is 119 Å². The smallest absolute Gasteiger partial charge is 0.0642 e. The number of hydrogen-bond donors (Lipinski definition) is 0. The Morgan fingerprint density at radius 1 is 0.229 bits per heavy atom. The molecule has 0 unspecified atom stereocenters. The van der Waals surface area contributed by atoms with Crippen LogP contribution in [0.3, 0.4) is 0 Å². The maximum atomic E-state index is 2.60. The van der Waals surface area contributed by atoms with E-state index < -0.39 is 0 Å². The summed E-state index contributed by atoms with van der Waals surface area (Å²) in [5.74, 6) is 0. The Bertz CT molecular complexity index is 4350. The van der Waals surface area contributed by atoms with Crippen molar-refractivity contribution in [1.82, 2.24) is 8.80 Å². The summed E-state index contributed by atoms with van der Waals surface area (Å²) in [5, 5.41) is 9.92. The average molecular weight is 891 g/mol. The van der Waals surface area contributed by atoms with Crippen LogP contribution in [0.1, 0.15) is 0 Å². The van der Waals surface area contributed by atoms with Crippen LogP contribution >= 0.6 is 0 Å². The lowest BCUT2D eigenvalue weighted by Gasteiger charge is -2.26. The molecule has 0 aliphatic heterocycles. The van der Waals surface area contributed by atoms with Crippen LogP contribution < -0.4 is 9.80 Å². The Balaban J connectivity index is 1.10. The van der Waals surface area contributed by atoms with Crippen molar-refractivity contribution < 1.29 is 0 Å². The van der Waals surface area contributed by atoms with Crippen LogP contribution in [0.2, 0.25) is 0 Å². The van der Waals surface area contributed by atoms with Crippen LogP contribution in [-0.4, -0.2) is 8.80 Å². The predicted molar refractivity (Wildman–Crippen MR) is 296 cm³/mol. The van der Waals surface area contributed by atoms with Gasteiger partial charge in [0.2, 0.25) is 0 Å². The Labute approximate surface area is 404 Å². The van der Waals surface area contributed by atoms with Crippen LogP contribution in [0.25, 0.3) is 98.4 Å². The summed E-state index contributed by atoms with van der Waals surface area (Å²) in [6.45, 7) is 0. The summed E-state index contributed by atoms with van der Waals surface area (Å²) >= 11 is 0. The molecule has 70 heavy (non-hydrogen) atoms. The molecule has 4 nitrogen and oxygen atoms in total. The van der Waals surface area contributed by atoms with Gasteiger partial charge in [0.1, 0.15) is 0 Å². The summed E-state index contributed by atoms with van der Waals surface area (Å²) < 4.78 is 5.15. The molecule has 0 aliphatic carbocycles. The zero-order chi connectivity index (χ0) is 45.9. The monoisotopic (exact) mass is 890 g/mol. The van der Waals surface area contributed by atoms with E-state index in [2.05, 4.69) is 273 Å². The number of rotatable bonds is 8. The summed E-state index contributed by atoms with van der Waals surface area (Å²) in [6.07, 6.45) is 0. The SMILES string of the molecule is c1ccc(-c2ccc3c(c2)c2c(N(c4ccccc4)c4ccccc4)ccc4c5c(ccc6c7ccc(N(c8ccccc8)c8ccccc8)c8c9cc(-c%10ccccc%10)ccc9n(c78)c65)n3c42)cc1. The summed E-state index contributed by atoms with van der Waals surface area (Å²) in [4.78, 5) is 4.86. The van der Waals surface area contributed by atoms with E-state index in [4.69, 9.17) is 0 Å². The number of aromatic nitrogens is 2. The van der Waals surface area contributed by atoms with Gasteiger partial charge in [0.25, 0.3) is 0 Å². The van der Waals surface area contributed by atoms with Crippen molar-refractivity contribution in [1.29, 1.82) is 0 Å². The number of para-hydroxylation sites is 4. The van der Waals surface area contributed by atoms with Crippen molar-refractivity contribution in [3.8, 4) is 22.3 Å². The molecular formula is C66H42N4. The first kappa shape index (κ1) is 38.7. The molecule has 4 aromatic heterocycles. The highest BCUT2D eigenvalue weighted by molar-refractivity contribution is 6.36. The number of fused-ring (bicyclic) bond motifs is 13. The summed E-state index contributed by atoms with van der Waals surface area (Å²) in [7, 11) is 0. The van der Waals surface area contributed by atoms with E-state index >= 15 is 0 Å². The third-order valence-electron chi connectivity index (χ3n) is 14.7. The fraction of sp³-hybridized carbons (Fsp3) is 0. The van der Waals surface area contributed by atoms with Gasteiger partial charge in [-0.15, -0.1) is 0 Å². The molecule has 11 aromatic carbocycles. The maximum absolute atomic E-state index is 2.60.